The topological polar surface area (TPSA) is 74.6 Å². The van der Waals surface area contributed by atoms with E-state index in [1.54, 1.807) is 0 Å². The van der Waals surface area contributed by atoms with E-state index >= 15 is 0 Å². The molecule has 1 aromatic rings. The number of hydrogen-bond acceptors (Lipinski definition) is 2. The highest BCUT2D eigenvalue weighted by Gasteiger charge is 2.13. The third-order valence-electron chi connectivity index (χ3n) is 1.93. The molecular weight excluding hydrogens is 255 g/mol. The Morgan fingerprint density at radius 3 is 1.50 bits per heavy atom. The van der Waals surface area contributed by atoms with Crippen LogP contribution in [0.1, 0.15) is 11.1 Å². The van der Waals surface area contributed by atoms with Gasteiger partial charge in [0, 0.05) is 0 Å². The van der Waals surface area contributed by atoms with Crippen LogP contribution in [-0.2, 0) is 22.4 Å². The van der Waals surface area contributed by atoms with Crippen LogP contribution in [0.5, 0.6) is 0 Å². The van der Waals surface area contributed by atoms with Gasteiger partial charge in [0.1, 0.15) is 0 Å². The lowest BCUT2D eigenvalue weighted by Crippen LogP contribution is -2.08. The molecule has 1 aromatic carbocycles. The average Bonchev–Trinajstić information content (AvgIpc) is 2.11. The Kier molecular flexibility index (Phi) is 4.15. The quantitative estimate of drug-likeness (QED) is 0.873. The van der Waals surface area contributed by atoms with E-state index in [1.807, 2.05) is 0 Å². The van der Waals surface area contributed by atoms with Crippen LogP contribution in [0.4, 0.5) is 0 Å². The van der Waals surface area contributed by atoms with Crippen LogP contribution in [0.2, 0.25) is 10.0 Å². The molecule has 2 N–H and O–H groups in total. The van der Waals surface area contributed by atoms with E-state index in [4.69, 9.17) is 33.4 Å². The molecule has 4 nitrogen and oxygen atoms in total. The minimum Gasteiger partial charge on any atom is -0.481 e. The highest BCUT2D eigenvalue weighted by atomic mass is 35.5. The summed E-state index contributed by atoms with van der Waals surface area (Å²) in [4.78, 5) is 21.2. The molecule has 0 atom stereocenters. The average molecular weight is 263 g/mol. The molecule has 6 heteroatoms. The highest BCUT2D eigenvalue weighted by Crippen LogP contribution is 2.26. The van der Waals surface area contributed by atoms with Gasteiger partial charge in [0.25, 0.3) is 0 Å². The first-order chi connectivity index (χ1) is 7.40. The Hall–Kier alpha value is -1.26. The van der Waals surface area contributed by atoms with E-state index in [9.17, 15) is 9.59 Å². The molecule has 16 heavy (non-hydrogen) atoms. The Bertz CT molecular complexity index is 402. The summed E-state index contributed by atoms with van der Waals surface area (Å²) in [6.07, 6.45) is -0.557. The zero-order chi connectivity index (χ0) is 12.3. The van der Waals surface area contributed by atoms with Crippen LogP contribution in [-0.4, -0.2) is 22.2 Å². The maximum Gasteiger partial charge on any atom is 0.307 e. The van der Waals surface area contributed by atoms with Gasteiger partial charge in [0.05, 0.1) is 22.9 Å². The summed E-state index contributed by atoms with van der Waals surface area (Å²) in [6, 6.07) is 2.77. The van der Waals surface area contributed by atoms with E-state index in [0.29, 0.717) is 11.1 Å². The van der Waals surface area contributed by atoms with Gasteiger partial charge in [-0.25, -0.2) is 0 Å². The summed E-state index contributed by atoms with van der Waals surface area (Å²) < 4.78 is 0. The van der Waals surface area contributed by atoms with E-state index in [-0.39, 0.29) is 22.9 Å². The standard InChI is InChI=1S/C10H8Cl2O4/c11-7-1-5(3-9(13)14)6(2-8(7)12)4-10(15)16/h1-2H,3-4H2,(H,13,14)(H,15,16). The second-order valence-electron chi connectivity index (χ2n) is 3.18. The van der Waals surface area contributed by atoms with Crippen LogP contribution in [0.15, 0.2) is 12.1 Å². The number of hydrogen-bond donors (Lipinski definition) is 2. The Morgan fingerprint density at radius 1 is 0.938 bits per heavy atom. The van der Waals surface area contributed by atoms with Gasteiger partial charge in [-0.3, -0.25) is 9.59 Å². The third-order valence-corrected chi connectivity index (χ3v) is 2.65. The lowest BCUT2D eigenvalue weighted by atomic mass is 10.0. The first kappa shape index (κ1) is 12.8. The molecule has 1 rings (SSSR count). The SMILES string of the molecule is O=C(O)Cc1cc(Cl)c(Cl)cc1CC(=O)O. The first-order valence-electron chi connectivity index (χ1n) is 4.30. The number of halogens is 2. The maximum atomic E-state index is 10.6. The number of carboxylic acid groups (broad SMARTS) is 2. The molecular formula is C10H8Cl2O4. The van der Waals surface area contributed by atoms with Gasteiger partial charge < -0.3 is 10.2 Å². The van der Waals surface area contributed by atoms with Crippen molar-refractivity contribution in [1.29, 1.82) is 0 Å². The molecule has 0 aliphatic carbocycles. The molecule has 0 aromatic heterocycles. The number of rotatable bonds is 4. The number of carbonyl (C=O) groups is 2. The predicted octanol–water partition coefficient (Wildman–Crippen LogP) is 2.25. The number of benzene rings is 1. The molecule has 0 saturated carbocycles. The van der Waals surface area contributed by atoms with Gasteiger partial charge in [-0.1, -0.05) is 23.2 Å². The third kappa shape index (κ3) is 3.40. The van der Waals surface area contributed by atoms with Crippen LogP contribution >= 0.6 is 23.2 Å². The zero-order valence-electron chi connectivity index (χ0n) is 8.04. The van der Waals surface area contributed by atoms with Crippen molar-refractivity contribution >= 4 is 35.1 Å². The van der Waals surface area contributed by atoms with Crippen molar-refractivity contribution in [2.45, 2.75) is 12.8 Å². The van der Waals surface area contributed by atoms with Crippen molar-refractivity contribution in [3.63, 3.8) is 0 Å². The Balaban J connectivity index is 3.15. The number of aliphatic carboxylic acids is 2. The van der Waals surface area contributed by atoms with Crippen molar-refractivity contribution in [2.75, 3.05) is 0 Å². The lowest BCUT2D eigenvalue weighted by Gasteiger charge is -2.07. The van der Waals surface area contributed by atoms with Crippen molar-refractivity contribution in [2.24, 2.45) is 0 Å². The second-order valence-corrected chi connectivity index (χ2v) is 3.99. The van der Waals surface area contributed by atoms with Crippen molar-refractivity contribution in [1.82, 2.24) is 0 Å². The molecule has 0 amide bonds. The second kappa shape index (κ2) is 5.18. The molecule has 0 fully saturated rings. The van der Waals surface area contributed by atoms with Crippen LogP contribution < -0.4 is 0 Å². The summed E-state index contributed by atoms with van der Waals surface area (Å²) in [5.41, 5.74) is 0.730. The van der Waals surface area contributed by atoms with Crippen molar-refractivity contribution in [3.05, 3.63) is 33.3 Å². The Labute approximate surface area is 101 Å². The summed E-state index contributed by atoms with van der Waals surface area (Å²) >= 11 is 11.5. The summed E-state index contributed by atoms with van der Waals surface area (Å²) in [6.45, 7) is 0. The molecule has 0 aliphatic rings. The fraction of sp³-hybridized carbons (Fsp3) is 0.200. The summed E-state index contributed by atoms with van der Waals surface area (Å²) in [5.74, 6) is -2.10. The van der Waals surface area contributed by atoms with Gasteiger partial charge in [-0.15, -0.1) is 0 Å². The first-order valence-corrected chi connectivity index (χ1v) is 5.06. The van der Waals surface area contributed by atoms with Crippen LogP contribution in [0, 0.1) is 0 Å². The van der Waals surface area contributed by atoms with Gasteiger partial charge in [0.2, 0.25) is 0 Å². The van der Waals surface area contributed by atoms with E-state index in [1.165, 1.54) is 12.1 Å². The van der Waals surface area contributed by atoms with Gasteiger partial charge in [-0.05, 0) is 23.3 Å². The van der Waals surface area contributed by atoms with Gasteiger partial charge >= 0.3 is 11.9 Å². The van der Waals surface area contributed by atoms with Gasteiger partial charge in [-0.2, -0.15) is 0 Å². The molecule has 0 saturated heterocycles. The number of carboxylic acids is 2. The minimum absolute atomic E-state index is 0.215. The predicted molar refractivity (Wildman–Crippen MR) is 59.1 cm³/mol. The zero-order valence-corrected chi connectivity index (χ0v) is 9.55. The molecule has 0 bridgehead atoms. The fourth-order valence-electron chi connectivity index (χ4n) is 1.28. The molecule has 0 radical (unpaired) electrons. The van der Waals surface area contributed by atoms with Crippen LogP contribution in [0.3, 0.4) is 0 Å². The van der Waals surface area contributed by atoms with E-state index < -0.39 is 11.9 Å². The lowest BCUT2D eigenvalue weighted by molar-refractivity contribution is -0.137. The molecule has 0 heterocycles. The molecule has 0 unspecified atom stereocenters. The molecule has 86 valence electrons. The van der Waals surface area contributed by atoms with Crippen molar-refractivity contribution < 1.29 is 19.8 Å². The van der Waals surface area contributed by atoms with E-state index in [0.717, 1.165) is 0 Å². The van der Waals surface area contributed by atoms with E-state index in [2.05, 4.69) is 0 Å². The highest BCUT2D eigenvalue weighted by molar-refractivity contribution is 6.42. The van der Waals surface area contributed by atoms with Crippen LogP contribution in [0.25, 0.3) is 0 Å². The fourth-order valence-corrected chi connectivity index (χ4v) is 1.66. The Morgan fingerprint density at radius 2 is 1.25 bits per heavy atom. The maximum absolute atomic E-state index is 10.6. The minimum atomic E-state index is -1.05. The smallest absolute Gasteiger partial charge is 0.307 e. The normalized spacial score (nSPS) is 10.1. The monoisotopic (exact) mass is 262 g/mol. The molecule has 0 spiro atoms. The summed E-state index contributed by atoms with van der Waals surface area (Å²) in [7, 11) is 0. The van der Waals surface area contributed by atoms with Gasteiger partial charge in [0.15, 0.2) is 0 Å². The largest absolute Gasteiger partial charge is 0.481 e. The van der Waals surface area contributed by atoms with Crippen molar-refractivity contribution in [3.8, 4) is 0 Å². The summed E-state index contributed by atoms with van der Waals surface area (Å²) in [5, 5.41) is 17.8. The molecule has 0 aliphatic heterocycles.